The van der Waals surface area contributed by atoms with Gasteiger partial charge in [0.15, 0.2) is 0 Å². The van der Waals surface area contributed by atoms with Crippen molar-refractivity contribution in [3.05, 3.63) is 17.0 Å². The highest BCUT2D eigenvalue weighted by Crippen LogP contribution is 2.24. The number of aliphatic hydroxyl groups is 1. The minimum atomic E-state index is -0.322. The van der Waals surface area contributed by atoms with Gasteiger partial charge in [-0.3, -0.25) is 9.48 Å². The number of rotatable bonds is 4. The Morgan fingerprint density at radius 2 is 2.19 bits per heavy atom. The molecular weight excluding hydrogens is 208 g/mol. The zero-order valence-corrected chi connectivity index (χ0v) is 10.1. The number of esters is 1. The van der Waals surface area contributed by atoms with Crippen molar-refractivity contribution in [2.45, 2.75) is 33.2 Å². The molecule has 1 unspecified atom stereocenters. The van der Waals surface area contributed by atoms with Crippen LogP contribution in [-0.4, -0.2) is 34.6 Å². The molecule has 5 nitrogen and oxygen atoms in total. The third-order valence-corrected chi connectivity index (χ3v) is 2.74. The van der Waals surface area contributed by atoms with E-state index in [-0.39, 0.29) is 18.5 Å². The minimum absolute atomic E-state index is 0.0357. The van der Waals surface area contributed by atoms with Crippen molar-refractivity contribution < 1.29 is 14.6 Å². The maximum atomic E-state index is 11.5. The van der Waals surface area contributed by atoms with Gasteiger partial charge in [-0.1, -0.05) is 0 Å². The van der Waals surface area contributed by atoms with Crippen molar-refractivity contribution in [1.29, 1.82) is 0 Å². The van der Waals surface area contributed by atoms with Gasteiger partial charge >= 0.3 is 5.97 Å². The molecule has 5 heteroatoms. The molecule has 0 bridgehead atoms. The van der Waals surface area contributed by atoms with E-state index in [0.717, 1.165) is 17.0 Å². The highest BCUT2D eigenvalue weighted by Gasteiger charge is 2.23. The molecule has 0 aliphatic carbocycles. The third-order valence-electron chi connectivity index (χ3n) is 2.74. The number of methoxy groups -OCH3 is 1. The van der Waals surface area contributed by atoms with Gasteiger partial charge in [-0.15, -0.1) is 0 Å². The Morgan fingerprint density at radius 3 is 2.69 bits per heavy atom. The van der Waals surface area contributed by atoms with Gasteiger partial charge in [-0.2, -0.15) is 5.10 Å². The number of aliphatic hydroxyl groups excluding tert-OH is 1. The molecular formula is C11H18N2O3. The van der Waals surface area contributed by atoms with E-state index < -0.39 is 0 Å². The Labute approximate surface area is 95.0 Å². The van der Waals surface area contributed by atoms with Crippen molar-refractivity contribution in [1.82, 2.24) is 9.78 Å². The summed E-state index contributed by atoms with van der Waals surface area (Å²) in [5, 5.41) is 13.2. The van der Waals surface area contributed by atoms with Crippen LogP contribution in [0, 0.1) is 13.8 Å². The Hall–Kier alpha value is -1.36. The van der Waals surface area contributed by atoms with Crippen LogP contribution in [0.5, 0.6) is 0 Å². The molecule has 1 aromatic heterocycles. The first-order chi connectivity index (χ1) is 7.52. The molecule has 0 spiro atoms. The second-order valence-electron chi connectivity index (χ2n) is 3.78. The molecule has 0 saturated heterocycles. The van der Waals surface area contributed by atoms with E-state index in [9.17, 15) is 4.79 Å². The fourth-order valence-corrected chi connectivity index (χ4v) is 1.94. The lowest BCUT2D eigenvalue weighted by Gasteiger charge is -2.10. The summed E-state index contributed by atoms with van der Waals surface area (Å²) in [6.07, 6.45) is 0. The van der Waals surface area contributed by atoms with E-state index in [1.54, 1.807) is 11.6 Å². The molecule has 90 valence electrons. The smallest absolute Gasteiger partial charge is 0.312 e. The molecule has 0 amide bonds. The van der Waals surface area contributed by atoms with Gasteiger partial charge in [-0.25, -0.2) is 0 Å². The molecule has 0 saturated carbocycles. The normalized spacial score (nSPS) is 12.6. The summed E-state index contributed by atoms with van der Waals surface area (Å²) in [4.78, 5) is 11.5. The maximum Gasteiger partial charge on any atom is 0.312 e. The molecule has 16 heavy (non-hydrogen) atoms. The number of ether oxygens (including phenoxy) is 1. The molecule has 1 rings (SSSR count). The van der Waals surface area contributed by atoms with E-state index >= 15 is 0 Å². The molecule has 0 radical (unpaired) electrons. The van der Waals surface area contributed by atoms with Crippen LogP contribution in [0.15, 0.2) is 0 Å². The Kier molecular flexibility index (Phi) is 4.06. The second-order valence-corrected chi connectivity index (χ2v) is 3.78. The van der Waals surface area contributed by atoms with E-state index in [2.05, 4.69) is 5.10 Å². The lowest BCUT2D eigenvalue weighted by molar-refractivity contribution is -0.142. The quantitative estimate of drug-likeness (QED) is 0.770. The lowest BCUT2D eigenvalue weighted by atomic mass is 9.99. The fraction of sp³-hybridized carbons (Fsp3) is 0.636. The molecule has 0 aliphatic heterocycles. The lowest BCUT2D eigenvalue weighted by Crippen LogP contribution is -2.13. The van der Waals surface area contributed by atoms with E-state index in [0.29, 0.717) is 6.54 Å². The summed E-state index contributed by atoms with van der Waals surface area (Å²) in [6, 6.07) is 0. The predicted octanol–water partition coefficient (Wildman–Crippen LogP) is 0.769. The SMILES string of the molecule is COC(=O)C(C)c1c(C)nn(CCO)c1C. The zero-order valence-electron chi connectivity index (χ0n) is 10.1. The van der Waals surface area contributed by atoms with Crippen LogP contribution in [0.4, 0.5) is 0 Å². The van der Waals surface area contributed by atoms with Crippen molar-refractivity contribution in [3.8, 4) is 0 Å². The number of hydrogen-bond donors (Lipinski definition) is 1. The highest BCUT2D eigenvalue weighted by molar-refractivity contribution is 5.78. The first kappa shape index (κ1) is 12.7. The topological polar surface area (TPSA) is 64.3 Å². The van der Waals surface area contributed by atoms with E-state index in [1.165, 1.54) is 7.11 Å². The second kappa shape index (κ2) is 5.12. The largest absolute Gasteiger partial charge is 0.469 e. The zero-order chi connectivity index (χ0) is 12.3. The summed E-state index contributed by atoms with van der Waals surface area (Å²) in [6.45, 7) is 6.03. The van der Waals surface area contributed by atoms with Crippen LogP contribution in [0.3, 0.4) is 0 Å². The van der Waals surface area contributed by atoms with Gasteiger partial charge in [0.2, 0.25) is 0 Å². The Balaban J connectivity index is 3.08. The van der Waals surface area contributed by atoms with Crippen molar-refractivity contribution in [2.24, 2.45) is 0 Å². The summed E-state index contributed by atoms with van der Waals surface area (Å²) < 4.78 is 6.43. The first-order valence-corrected chi connectivity index (χ1v) is 5.25. The fourth-order valence-electron chi connectivity index (χ4n) is 1.94. The van der Waals surface area contributed by atoms with Crippen molar-refractivity contribution >= 4 is 5.97 Å². The Morgan fingerprint density at radius 1 is 1.56 bits per heavy atom. The van der Waals surface area contributed by atoms with Crippen molar-refractivity contribution in [3.63, 3.8) is 0 Å². The van der Waals surface area contributed by atoms with Crippen LogP contribution in [-0.2, 0) is 16.1 Å². The van der Waals surface area contributed by atoms with Crippen LogP contribution in [0.1, 0.15) is 29.8 Å². The standard InChI is InChI=1S/C11H18N2O3/c1-7(11(15)16-4)10-8(2)12-13(5-6-14)9(10)3/h7,14H,5-6H2,1-4H3. The summed E-state index contributed by atoms with van der Waals surface area (Å²) in [7, 11) is 1.38. The van der Waals surface area contributed by atoms with Gasteiger partial charge in [0.25, 0.3) is 0 Å². The monoisotopic (exact) mass is 226 g/mol. The summed E-state index contributed by atoms with van der Waals surface area (Å²) >= 11 is 0. The molecule has 0 aromatic carbocycles. The van der Waals surface area contributed by atoms with Crippen LogP contribution >= 0.6 is 0 Å². The van der Waals surface area contributed by atoms with Gasteiger partial charge in [0.05, 0.1) is 31.9 Å². The number of carbonyl (C=O) groups excluding carboxylic acids is 1. The molecule has 0 fully saturated rings. The number of aromatic nitrogens is 2. The van der Waals surface area contributed by atoms with Crippen LogP contribution in [0.25, 0.3) is 0 Å². The average molecular weight is 226 g/mol. The summed E-state index contributed by atoms with van der Waals surface area (Å²) in [5.41, 5.74) is 2.61. The molecule has 1 atom stereocenters. The number of nitrogens with zero attached hydrogens (tertiary/aromatic N) is 2. The van der Waals surface area contributed by atoms with E-state index in [4.69, 9.17) is 9.84 Å². The highest BCUT2D eigenvalue weighted by atomic mass is 16.5. The van der Waals surface area contributed by atoms with Gasteiger partial charge < -0.3 is 9.84 Å². The first-order valence-electron chi connectivity index (χ1n) is 5.25. The summed E-state index contributed by atoms with van der Waals surface area (Å²) in [5.74, 6) is -0.591. The van der Waals surface area contributed by atoms with Crippen LogP contribution < -0.4 is 0 Å². The molecule has 1 heterocycles. The minimum Gasteiger partial charge on any atom is -0.469 e. The van der Waals surface area contributed by atoms with Gasteiger partial charge in [-0.05, 0) is 20.8 Å². The maximum absolute atomic E-state index is 11.5. The number of hydrogen-bond acceptors (Lipinski definition) is 4. The number of carbonyl (C=O) groups is 1. The molecule has 1 aromatic rings. The Bertz CT molecular complexity index is 385. The molecule has 0 aliphatic rings. The van der Waals surface area contributed by atoms with Gasteiger partial charge in [0, 0.05) is 11.3 Å². The third kappa shape index (κ3) is 2.24. The van der Waals surface area contributed by atoms with Gasteiger partial charge in [0.1, 0.15) is 0 Å². The average Bonchev–Trinajstić information content (AvgIpc) is 2.53. The van der Waals surface area contributed by atoms with Crippen molar-refractivity contribution in [2.75, 3.05) is 13.7 Å². The van der Waals surface area contributed by atoms with E-state index in [1.807, 2.05) is 13.8 Å². The number of aryl methyl sites for hydroxylation is 1. The predicted molar refractivity (Wildman–Crippen MR) is 59.2 cm³/mol. The van der Waals surface area contributed by atoms with Crippen LogP contribution in [0.2, 0.25) is 0 Å². The molecule has 1 N–H and O–H groups in total.